The molecule has 0 atom stereocenters. The first-order chi connectivity index (χ1) is 8.20. The smallest absolute Gasteiger partial charge is 0.358 e. The van der Waals surface area contributed by atoms with Crippen LogP contribution in [0.15, 0.2) is 30.5 Å². The first-order valence-corrected chi connectivity index (χ1v) is 4.96. The quantitative estimate of drug-likeness (QED) is 0.853. The van der Waals surface area contributed by atoms with Crippen molar-refractivity contribution in [2.24, 2.45) is 0 Å². The molecule has 0 saturated carbocycles. The van der Waals surface area contributed by atoms with E-state index in [1.165, 1.54) is 11.0 Å². The van der Waals surface area contributed by atoms with Gasteiger partial charge in [0, 0.05) is 5.56 Å². The van der Waals surface area contributed by atoms with E-state index >= 15 is 0 Å². The fourth-order valence-corrected chi connectivity index (χ4v) is 1.46. The Bertz CT molecular complexity index is 536. The third-order valence-electron chi connectivity index (χ3n) is 2.26. The van der Waals surface area contributed by atoms with E-state index in [4.69, 9.17) is 9.84 Å². The molecule has 0 saturated heterocycles. The lowest BCUT2D eigenvalue weighted by molar-refractivity contribution is 0.0689. The van der Waals surface area contributed by atoms with Crippen LogP contribution < -0.4 is 4.74 Å². The van der Waals surface area contributed by atoms with Crippen molar-refractivity contribution in [2.75, 3.05) is 7.11 Å². The van der Waals surface area contributed by atoms with Gasteiger partial charge in [0.25, 0.3) is 0 Å². The summed E-state index contributed by atoms with van der Waals surface area (Å²) in [4.78, 5) is 12.0. The highest BCUT2D eigenvalue weighted by Gasteiger charge is 2.09. The Balaban J connectivity index is 2.22. The second-order valence-electron chi connectivity index (χ2n) is 3.38. The first kappa shape index (κ1) is 11.1. The summed E-state index contributed by atoms with van der Waals surface area (Å²) in [6.45, 7) is 0.372. The summed E-state index contributed by atoms with van der Waals surface area (Å²) in [5, 5.41) is 16.4. The van der Waals surface area contributed by atoms with Crippen LogP contribution in [0.4, 0.5) is 0 Å². The number of methoxy groups -OCH3 is 1. The van der Waals surface area contributed by atoms with Gasteiger partial charge in [0.1, 0.15) is 5.75 Å². The number of aromatic nitrogens is 3. The molecule has 0 aliphatic heterocycles. The Labute approximate surface area is 97.4 Å². The maximum atomic E-state index is 10.6. The number of hydrogen-bond acceptors (Lipinski definition) is 4. The maximum absolute atomic E-state index is 10.6. The molecule has 2 rings (SSSR count). The molecule has 6 nitrogen and oxygen atoms in total. The van der Waals surface area contributed by atoms with Crippen LogP contribution >= 0.6 is 0 Å². The molecule has 0 unspecified atom stereocenters. The zero-order chi connectivity index (χ0) is 12.3. The average molecular weight is 233 g/mol. The van der Waals surface area contributed by atoms with E-state index in [1.54, 1.807) is 7.11 Å². The Morgan fingerprint density at radius 1 is 1.47 bits per heavy atom. The lowest BCUT2D eigenvalue weighted by Gasteiger charge is -2.06. The van der Waals surface area contributed by atoms with Crippen molar-refractivity contribution in [3.63, 3.8) is 0 Å². The zero-order valence-corrected chi connectivity index (χ0v) is 9.20. The van der Waals surface area contributed by atoms with Crippen LogP contribution in [0.25, 0.3) is 0 Å². The predicted octanol–water partition coefficient (Wildman–Crippen LogP) is 1.03. The van der Waals surface area contributed by atoms with Gasteiger partial charge < -0.3 is 9.84 Å². The highest BCUT2D eigenvalue weighted by molar-refractivity contribution is 5.84. The molecule has 0 spiro atoms. The minimum Gasteiger partial charge on any atom is -0.496 e. The highest BCUT2D eigenvalue weighted by Crippen LogP contribution is 2.17. The number of carbonyl (C=O) groups is 1. The monoisotopic (exact) mass is 233 g/mol. The molecule has 0 fully saturated rings. The number of hydrogen-bond donors (Lipinski definition) is 1. The van der Waals surface area contributed by atoms with Crippen LogP contribution in [0.3, 0.4) is 0 Å². The number of nitrogens with zero attached hydrogens (tertiary/aromatic N) is 3. The van der Waals surface area contributed by atoms with Crippen LogP contribution in [-0.4, -0.2) is 33.2 Å². The normalized spacial score (nSPS) is 10.2. The summed E-state index contributed by atoms with van der Waals surface area (Å²) in [6.07, 6.45) is 1.22. The third-order valence-corrected chi connectivity index (χ3v) is 2.26. The number of carboxylic acids is 1. The first-order valence-electron chi connectivity index (χ1n) is 4.96. The van der Waals surface area contributed by atoms with Gasteiger partial charge in [-0.3, -0.25) is 0 Å². The summed E-state index contributed by atoms with van der Waals surface area (Å²) in [5.41, 5.74) is 0.822. The van der Waals surface area contributed by atoms with Crippen molar-refractivity contribution in [1.29, 1.82) is 0 Å². The molecule has 17 heavy (non-hydrogen) atoms. The molecule has 0 bridgehead atoms. The van der Waals surface area contributed by atoms with Crippen molar-refractivity contribution in [1.82, 2.24) is 15.0 Å². The van der Waals surface area contributed by atoms with Gasteiger partial charge in [-0.05, 0) is 6.07 Å². The molecule has 0 aliphatic rings. The summed E-state index contributed by atoms with van der Waals surface area (Å²) in [5.74, 6) is -0.363. The van der Waals surface area contributed by atoms with Crippen LogP contribution in [0.1, 0.15) is 16.1 Å². The topological polar surface area (TPSA) is 77.2 Å². The van der Waals surface area contributed by atoms with E-state index in [0.29, 0.717) is 6.54 Å². The van der Waals surface area contributed by atoms with Gasteiger partial charge in [-0.2, -0.15) is 9.90 Å². The minimum absolute atomic E-state index is 0.0695. The lowest BCUT2D eigenvalue weighted by Crippen LogP contribution is -2.06. The Hall–Kier alpha value is -2.37. The predicted molar refractivity (Wildman–Crippen MR) is 59.1 cm³/mol. The van der Waals surface area contributed by atoms with Crippen LogP contribution in [0.5, 0.6) is 5.75 Å². The fourth-order valence-electron chi connectivity index (χ4n) is 1.46. The Morgan fingerprint density at radius 3 is 2.88 bits per heavy atom. The summed E-state index contributed by atoms with van der Waals surface area (Å²) in [7, 11) is 1.58. The van der Waals surface area contributed by atoms with Crippen LogP contribution in [0, 0.1) is 0 Å². The molecule has 0 amide bonds. The van der Waals surface area contributed by atoms with Crippen molar-refractivity contribution in [2.45, 2.75) is 6.54 Å². The van der Waals surface area contributed by atoms with Gasteiger partial charge in [-0.25, -0.2) is 4.79 Å². The molecule has 0 radical (unpaired) electrons. The molecule has 1 heterocycles. The molecule has 0 aliphatic carbocycles. The second-order valence-corrected chi connectivity index (χ2v) is 3.38. The van der Waals surface area contributed by atoms with E-state index in [-0.39, 0.29) is 5.69 Å². The number of benzene rings is 1. The maximum Gasteiger partial charge on any atom is 0.358 e. The van der Waals surface area contributed by atoms with Crippen molar-refractivity contribution in [3.05, 3.63) is 41.7 Å². The minimum atomic E-state index is -1.09. The number of rotatable bonds is 4. The van der Waals surface area contributed by atoms with E-state index in [1.807, 2.05) is 24.3 Å². The molecule has 2 aromatic rings. The number of ether oxygens (including phenoxy) is 1. The highest BCUT2D eigenvalue weighted by atomic mass is 16.5. The molecule has 1 aromatic carbocycles. The Kier molecular flexibility index (Phi) is 3.04. The van der Waals surface area contributed by atoms with Gasteiger partial charge >= 0.3 is 5.97 Å². The Morgan fingerprint density at radius 2 is 2.24 bits per heavy atom. The molecule has 1 aromatic heterocycles. The summed E-state index contributed by atoms with van der Waals surface area (Å²) >= 11 is 0. The molecular formula is C11H11N3O3. The number of para-hydroxylation sites is 1. The largest absolute Gasteiger partial charge is 0.496 e. The van der Waals surface area contributed by atoms with Crippen LogP contribution in [-0.2, 0) is 6.54 Å². The van der Waals surface area contributed by atoms with Crippen LogP contribution in [0.2, 0.25) is 0 Å². The lowest BCUT2D eigenvalue weighted by atomic mass is 10.2. The van der Waals surface area contributed by atoms with E-state index in [9.17, 15) is 4.79 Å². The van der Waals surface area contributed by atoms with Gasteiger partial charge in [-0.15, -0.1) is 5.10 Å². The average Bonchev–Trinajstić information content (AvgIpc) is 2.78. The fraction of sp³-hybridized carbons (Fsp3) is 0.182. The molecule has 88 valence electrons. The van der Waals surface area contributed by atoms with Gasteiger partial charge in [0.2, 0.25) is 0 Å². The standard InChI is InChI=1S/C11H11N3O3/c1-17-10-5-3-2-4-8(10)7-14-12-6-9(13-14)11(15)16/h2-6H,7H2,1H3,(H,15,16). The van der Waals surface area contributed by atoms with Gasteiger partial charge in [-0.1, -0.05) is 18.2 Å². The van der Waals surface area contributed by atoms with Gasteiger partial charge in [0.05, 0.1) is 19.9 Å². The number of aromatic carboxylic acids is 1. The van der Waals surface area contributed by atoms with E-state index in [0.717, 1.165) is 11.3 Å². The van der Waals surface area contributed by atoms with Crippen molar-refractivity contribution < 1.29 is 14.6 Å². The third kappa shape index (κ3) is 2.41. The molecule has 6 heteroatoms. The summed E-state index contributed by atoms with van der Waals surface area (Å²) < 4.78 is 5.19. The van der Waals surface area contributed by atoms with Crippen molar-refractivity contribution in [3.8, 4) is 5.75 Å². The molecule has 1 N–H and O–H groups in total. The van der Waals surface area contributed by atoms with E-state index < -0.39 is 5.97 Å². The zero-order valence-electron chi connectivity index (χ0n) is 9.20. The SMILES string of the molecule is COc1ccccc1Cn1ncc(C(=O)O)n1. The number of carboxylic acid groups (broad SMARTS) is 1. The van der Waals surface area contributed by atoms with Gasteiger partial charge in [0.15, 0.2) is 5.69 Å². The van der Waals surface area contributed by atoms with E-state index in [2.05, 4.69) is 10.2 Å². The van der Waals surface area contributed by atoms with Crippen molar-refractivity contribution >= 4 is 5.97 Å². The second kappa shape index (κ2) is 4.65. The molecular weight excluding hydrogens is 222 g/mol. The summed E-state index contributed by atoms with van der Waals surface area (Å²) in [6, 6.07) is 7.45.